The van der Waals surface area contributed by atoms with Gasteiger partial charge in [0.05, 0.1) is 0 Å². The highest BCUT2D eigenvalue weighted by atomic mass is 32.2. The van der Waals surface area contributed by atoms with E-state index in [0.717, 1.165) is 0 Å². The lowest BCUT2D eigenvalue weighted by atomic mass is 10.1. The van der Waals surface area contributed by atoms with Crippen LogP contribution in [0.1, 0.15) is 34.6 Å². The summed E-state index contributed by atoms with van der Waals surface area (Å²) >= 11 is 0. The minimum absolute atomic E-state index is 0.307. The fraction of sp³-hybridized carbons (Fsp3) is 1.00. The predicted molar refractivity (Wildman–Crippen MR) is 67.4 cm³/mol. The van der Waals surface area contributed by atoms with Crippen molar-refractivity contribution in [3.63, 3.8) is 0 Å². The number of likely N-dealkylation sites (N-methyl/N-ethyl adjacent to an activating group) is 1. The van der Waals surface area contributed by atoms with Crippen molar-refractivity contribution >= 4 is 10.2 Å². The highest BCUT2D eigenvalue weighted by Gasteiger charge is 2.36. The Kier molecular flexibility index (Phi) is 5.89. The molecule has 5 nitrogen and oxygen atoms in total. The van der Waals surface area contributed by atoms with E-state index in [4.69, 9.17) is 5.73 Å². The Bertz CT molecular complexity index is 297. The summed E-state index contributed by atoms with van der Waals surface area (Å²) in [6.07, 6.45) is 0. The number of hydrogen-bond acceptors (Lipinski definition) is 3. The first-order chi connectivity index (χ1) is 7.27. The molecule has 0 bridgehead atoms. The quantitative estimate of drug-likeness (QED) is 0.722. The van der Waals surface area contributed by atoms with Gasteiger partial charge < -0.3 is 5.73 Å². The molecule has 0 aliphatic carbocycles. The minimum atomic E-state index is -3.40. The molecule has 0 amide bonds. The van der Waals surface area contributed by atoms with Crippen molar-refractivity contribution in [2.75, 3.05) is 26.2 Å². The fourth-order valence-electron chi connectivity index (χ4n) is 1.69. The smallest absolute Gasteiger partial charge is 0.282 e. The highest BCUT2D eigenvalue weighted by molar-refractivity contribution is 7.86. The lowest BCUT2D eigenvalue weighted by Gasteiger charge is -2.38. The van der Waals surface area contributed by atoms with E-state index in [0.29, 0.717) is 26.2 Å². The Balaban J connectivity index is 5.25. The summed E-state index contributed by atoms with van der Waals surface area (Å²) in [6, 6.07) is 0. The van der Waals surface area contributed by atoms with Crippen LogP contribution in [0.3, 0.4) is 0 Å². The zero-order valence-electron chi connectivity index (χ0n) is 11.0. The third-order valence-corrected chi connectivity index (χ3v) is 5.25. The van der Waals surface area contributed by atoms with Gasteiger partial charge in [-0.15, -0.1) is 0 Å². The Hall–Kier alpha value is -0.170. The SMILES string of the molecule is CCN(CC)S(=O)(=O)N(CC)C(C)(C)CN. The molecule has 0 aliphatic rings. The van der Waals surface area contributed by atoms with Gasteiger partial charge in [-0.2, -0.15) is 17.0 Å². The minimum Gasteiger partial charge on any atom is -0.329 e. The third kappa shape index (κ3) is 3.16. The lowest BCUT2D eigenvalue weighted by Crippen LogP contribution is -2.56. The molecule has 0 aromatic rings. The first kappa shape index (κ1) is 15.8. The summed E-state index contributed by atoms with van der Waals surface area (Å²) < 4.78 is 27.6. The molecule has 0 unspecified atom stereocenters. The molecule has 0 aromatic heterocycles. The van der Waals surface area contributed by atoms with E-state index in [9.17, 15) is 8.42 Å². The van der Waals surface area contributed by atoms with Crippen LogP contribution in [-0.4, -0.2) is 48.7 Å². The zero-order chi connectivity index (χ0) is 13.0. The molecule has 0 atom stereocenters. The largest absolute Gasteiger partial charge is 0.329 e. The summed E-state index contributed by atoms with van der Waals surface area (Å²) in [6.45, 7) is 10.9. The molecule has 6 heteroatoms. The molecule has 0 aromatic carbocycles. The van der Waals surface area contributed by atoms with Gasteiger partial charge in [0.15, 0.2) is 0 Å². The van der Waals surface area contributed by atoms with E-state index in [-0.39, 0.29) is 0 Å². The van der Waals surface area contributed by atoms with Crippen LogP contribution in [0.4, 0.5) is 0 Å². The maximum Gasteiger partial charge on any atom is 0.282 e. The summed E-state index contributed by atoms with van der Waals surface area (Å²) in [5.74, 6) is 0. The lowest BCUT2D eigenvalue weighted by molar-refractivity contribution is 0.225. The van der Waals surface area contributed by atoms with E-state index in [1.165, 1.54) is 8.61 Å². The van der Waals surface area contributed by atoms with Gasteiger partial charge in [-0.05, 0) is 13.8 Å². The van der Waals surface area contributed by atoms with Crippen LogP contribution < -0.4 is 5.73 Å². The van der Waals surface area contributed by atoms with Crippen molar-refractivity contribution < 1.29 is 8.42 Å². The molecule has 16 heavy (non-hydrogen) atoms. The fourth-order valence-corrected chi connectivity index (χ4v) is 3.65. The molecule has 98 valence electrons. The summed E-state index contributed by atoms with van der Waals surface area (Å²) in [5, 5.41) is 0. The molecule has 0 fully saturated rings. The van der Waals surface area contributed by atoms with Crippen molar-refractivity contribution in [2.24, 2.45) is 5.73 Å². The summed E-state index contributed by atoms with van der Waals surface area (Å²) in [5.41, 5.74) is 5.09. The van der Waals surface area contributed by atoms with E-state index in [1.807, 2.05) is 34.6 Å². The maximum atomic E-state index is 12.3. The van der Waals surface area contributed by atoms with Crippen LogP contribution in [0.5, 0.6) is 0 Å². The molecule has 0 saturated carbocycles. The number of hydrogen-bond donors (Lipinski definition) is 1. The molecule has 0 spiro atoms. The monoisotopic (exact) mass is 251 g/mol. The van der Waals surface area contributed by atoms with Crippen LogP contribution in [0, 0.1) is 0 Å². The van der Waals surface area contributed by atoms with Gasteiger partial charge in [0.25, 0.3) is 10.2 Å². The van der Waals surface area contributed by atoms with Gasteiger partial charge in [0.1, 0.15) is 0 Å². The van der Waals surface area contributed by atoms with Crippen molar-refractivity contribution in [2.45, 2.75) is 40.2 Å². The van der Waals surface area contributed by atoms with Crippen molar-refractivity contribution in [3.8, 4) is 0 Å². The van der Waals surface area contributed by atoms with Crippen LogP contribution in [0.2, 0.25) is 0 Å². The molecule has 2 N–H and O–H groups in total. The zero-order valence-corrected chi connectivity index (χ0v) is 11.8. The van der Waals surface area contributed by atoms with Gasteiger partial charge in [-0.3, -0.25) is 0 Å². The molecular formula is C10H25N3O2S. The second-order valence-electron chi connectivity index (χ2n) is 4.27. The Morgan fingerprint density at radius 1 is 1.06 bits per heavy atom. The van der Waals surface area contributed by atoms with Crippen molar-refractivity contribution in [1.29, 1.82) is 0 Å². The Morgan fingerprint density at radius 3 is 1.75 bits per heavy atom. The van der Waals surface area contributed by atoms with Crippen LogP contribution >= 0.6 is 0 Å². The van der Waals surface area contributed by atoms with Crippen molar-refractivity contribution in [1.82, 2.24) is 8.61 Å². The molecule has 0 radical (unpaired) electrons. The number of nitrogens with two attached hydrogens (primary N) is 1. The second kappa shape index (κ2) is 5.95. The third-order valence-electron chi connectivity index (χ3n) is 2.77. The summed E-state index contributed by atoms with van der Waals surface area (Å²) in [4.78, 5) is 0. The first-order valence-corrected chi connectivity index (χ1v) is 7.15. The van der Waals surface area contributed by atoms with Gasteiger partial charge in [-0.25, -0.2) is 0 Å². The van der Waals surface area contributed by atoms with Gasteiger partial charge in [-0.1, -0.05) is 20.8 Å². The highest BCUT2D eigenvalue weighted by Crippen LogP contribution is 2.20. The van der Waals surface area contributed by atoms with Crippen LogP contribution in [0.25, 0.3) is 0 Å². The average molecular weight is 251 g/mol. The Morgan fingerprint density at radius 2 is 1.50 bits per heavy atom. The number of nitrogens with zero attached hydrogens (tertiary/aromatic N) is 2. The summed E-state index contributed by atoms with van der Waals surface area (Å²) in [7, 11) is -3.40. The van der Waals surface area contributed by atoms with Gasteiger partial charge in [0.2, 0.25) is 0 Å². The average Bonchev–Trinajstić information content (AvgIpc) is 2.19. The van der Waals surface area contributed by atoms with E-state index < -0.39 is 15.7 Å². The van der Waals surface area contributed by atoms with Crippen LogP contribution in [0.15, 0.2) is 0 Å². The second-order valence-corrected chi connectivity index (χ2v) is 6.13. The molecule has 0 aliphatic heterocycles. The molecule has 0 rings (SSSR count). The molecular weight excluding hydrogens is 226 g/mol. The van der Waals surface area contributed by atoms with E-state index in [1.54, 1.807) is 0 Å². The molecule has 0 heterocycles. The Labute approximate surface area is 99.8 Å². The van der Waals surface area contributed by atoms with Gasteiger partial charge in [0, 0.05) is 31.7 Å². The number of rotatable bonds is 7. The first-order valence-electron chi connectivity index (χ1n) is 5.75. The van der Waals surface area contributed by atoms with E-state index in [2.05, 4.69) is 0 Å². The van der Waals surface area contributed by atoms with Crippen molar-refractivity contribution in [3.05, 3.63) is 0 Å². The van der Waals surface area contributed by atoms with Gasteiger partial charge >= 0.3 is 0 Å². The molecule has 0 saturated heterocycles. The predicted octanol–water partition coefficient (Wildman–Crippen LogP) is 0.632. The normalized spacial score (nSPS) is 13.8. The topological polar surface area (TPSA) is 66.6 Å². The maximum absolute atomic E-state index is 12.3. The van der Waals surface area contributed by atoms with Crippen LogP contribution in [-0.2, 0) is 10.2 Å². The standard InChI is InChI=1S/C10H25N3O2S/c1-6-12(7-2)16(14,15)13(8-3)10(4,5)9-11/h6-9,11H2,1-5H3. The van der Waals surface area contributed by atoms with E-state index >= 15 is 0 Å².